The molecule has 0 radical (unpaired) electrons. The highest BCUT2D eigenvalue weighted by molar-refractivity contribution is 5.65. The van der Waals surface area contributed by atoms with Gasteiger partial charge in [0, 0.05) is 24.7 Å². The first-order valence-corrected chi connectivity index (χ1v) is 5.41. The zero-order chi connectivity index (χ0) is 11.9. The molecule has 1 fully saturated rings. The largest absolute Gasteiger partial charge is 0.465 e. The number of hydrogen-bond donors (Lipinski definition) is 2. The summed E-state index contributed by atoms with van der Waals surface area (Å²) < 4.78 is 0. The second-order valence-corrected chi connectivity index (χ2v) is 5.79. The van der Waals surface area contributed by atoms with Gasteiger partial charge in [-0.15, -0.1) is 0 Å². The first-order chi connectivity index (χ1) is 6.66. The van der Waals surface area contributed by atoms with Gasteiger partial charge in [0.15, 0.2) is 0 Å². The van der Waals surface area contributed by atoms with Crippen LogP contribution in [0.4, 0.5) is 4.79 Å². The Hall–Kier alpha value is -0.770. The molecule has 15 heavy (non-hydrogen) atoms. The van der Waals surface area contributed by atoms with Crippen molar-refractivity contribution in [3.63, 3.8) is 0 Å². The maximum absolute atomic E-state index is 11.0. The number of nitrogens with zero attached hydrogens (tertiary/aromatic N) is 1. The molecule has 0 aromatic heterocycles. The molecular weight excluding hydrogens is 192 g/mol. The lowest BCUT2D eigenvalue weighted by Crippen LogP contribution is -2.68. The standard InChI is InChI=1S/C11H22N2O2/c1-8-6-13(9(14)15)7-11(5,12-8)10(2,3)4/h8,12H,6-7H2,1-5H3,(H,14,15)/t8-,11-/m0/s1. The van der Waals surface area contributed by atoms with E-state index in [4.69, 9.17) is 5.11 Å². The van der Waals surface area contributed by atoms with Crippen molar-refractivity contribution in [2.45, 2.75) is 46.2 Å². The van der Waals surface area contributed by atoms with Crippen LogP contribution in [0.25, 0.3) is 0 Å². The van der Waals surface area contributed by atoms with Crippen molar-refractivity contribution in [3.05, 3.63) is 0 Å². The smallest absolute Gasteiger partial charge is 0.407 e. The van der Waals surface area contributed by atoms with Crippen molar-refractivity contribution >= 4 is 6.09 Å². The molecule has 0 bridgehead atoms. The quantitative estimate of drug-likeness (QED) is 0.646. The van der Waals surface area contributed by atoms with E-state index in [0.717, 1.165) is 0 Å². The number of rotatable bonds is 0. The Bertz CT molecular complexity index is 260. The summed E-state index contributed by atoms with van der Waals surface area (Å²) in [4.78, 5) is 12.5. The summed E-state index contributed by atoms with van der Waals surface area (Å²) in [5.41, 5.74) is -0.127. The summed E-state index contributed by atoms with van der Waals surface area (Å²) >= 11 is 0. The van der Waals surface area contributed by atoms with Gasteiger partial charge >= 0.3 is 6.09 Å². The summed E-state index contributed by atoms with van der Waals surface area (Å²) in [5.74, 6) is 0. The predicted molar refractivity (Wildman–Crippen MR) is 60.1 cm³/mol. The molecule has 0 aliphatic carbocycles. The van der Waals surface area contributed by atoms with Gasteiger partial charge in [-0.3, -0.25) is 0 Å². The van der Waals surface area contributed by atoms with E-state index >= 15 is 0 Å². The molecule has 0 spiro atoms. The third-order valence-electron chi connectivity index (χ3n) is 3.49. The van der Waals surface area contributed by atoms with Crippen molar-refractivity contribution in [1.82, 2.24) is 10.2 Å². The Morgan fingerprint density at radius 3 is 2.47 bits per heavy atom. The molecule has 4 heteroatoms. The van der Waals surface area contributed by atoms with Crippen LogP contribution in [0.1, 0.15) is 34.6 Å². The molecule has 2 atom stereocenters. The van der Waals surface area contributed by atoms with E-state index in [9.17, 15) is 4.79 Å². The Morgan fingerprint density at radius 1 is 1.53 bits per heavy atom. The van der Waals surface area contributed by atoms with E-state index in [-0.39, 0.29) is 17.0 Å². The fraction of sp³-hybridized carbons (Fsp3) is 0.909. The highest BCUT2D eigenvalue weighted by atomic mass is 16.4. The molecular formula is C11H22N2O2. The van der Waals surface area contributed by atoms with Gasteiger partial charge in [-0.25, -0.2) is 4.79 Å². The molecule has 0 saturated carbocycles. The highest BCUT2D eigenvalue weighted by Gasteiger charge is 2.43. The number of piperazine rings is 1. The Kier molecular flexibility index (Phi) is 3.01. The van der Waals surface area contributed by atoms with Gasteiger partial charge < -0.3 is 15.3 Å². The van der Waals surface area contributed by atoms with E-state index in [2.05, 4.69) is 33.0 Å². The van der Waals surface area contributed by atoms with E-state index in [1.165, 1.54) is 4.90 Å². The van der Waals surface area contributed by atoms with Gasteiger partial charge in [0.1, 0.15) is 0 Å². The van der Waals surface area contributed by atoms with Crippen molar-refractivity contribution in [2.75, 3.05) is 13.1 Å². The van der Waals surface area contributed by atoms with E-state index < -0.39 is 6.09 Å². The third-order valence-corrected chi connectivity index (χ3v) is 3.49. The molecule has 1 heterocycles. The molecule has 0 aromatic carbocycles. The van der Waals surface area contributed by atoms with Crippen molar-refractivity contribution in [1.29, 1.82) is 0 Å². The molecule has 0 unspecified atom stereocenters. The van der Waals surface area contributed by atoms with Crippen LogP contribution in [0.15, 0.2) is 0 Å². The van der Waals surface area contributed by atoms with E-state index in [1.807, 2.05) is 6.92 Å². The molecule has 88 valence electrons. The monoisotopic (exact) mass is 214 g/mol. The fourth-order valence-electron chi connectivity index (χ4n) is 2.01. The maximum Gasteiger partial charge on any atom is 0.407 e. The van der Waals surface area contributed by atoms with E-state index in [1.54, 1.807) is 0 Å². The fourth-order valence-corrected chi connectivity index (χ4v) is 2.01. The van der Waals surface area contributed by atoms with Gasteiger partial charge in [0.05, 0.1) is 0 Å². The van der Waals surface area contributed by atoms with Crippen LogP contribution in [0.5, 0.6) is 0 Å². The molecule has 1 amide bonds. The Balaban J connectivity index is 2.88. The number of carbonyl (C=O) groups is 1. The minimum Gasteiger partial charge on any atom is -0.465 e. The third kappa shape index (κ3) is 2.43. The van der Waals surface area contributed by atoms with Crippen molar-refractivity contribution in [2.24, 2.45) is 5.41 Å². The molecule has 4 nitrogen and oxygen atoms in total. The number of nitrogens with one attached hydrogen (secondary N) is 1. The average Bonchev–Trinajstić information content (AvgIpc) is 2.00. The second kappa shape index (κ2) is 3.67. The molecule has 1 aliphatic heterocycles. The van der Waals surface area contributed by atoms with Crippen LogP contribution in [-0.2, 0) is 0 Å². The zero-order valence-electron chi connectivity index (χ0n) is 10.3. The molecule has 1 rings (SSSR count). The second-order valence-electron chi connectivity index (χ2n) is 5.79. The number of hydrogen-bond acceptors (Lipinski definition) is 2. The van der Waals surface area contributed by atoms with Crippen molar-refractivity contribution < 1.29 is 9.90 Å². The molecule has 2 N–H and O–H groups in total. The predicted octanol–water partition coefficient (Wildman–Crippen LogP) is 1.76. The number of amides is 1. The Labute approximate surface area is 91.6 Å². The number of carboxylic acid groups (broad SMARTS) is 1. The van der Waals surface area contributed by atoms with Crippen LogP contribution < -0.4 is 5.32 Å². The van der Waals surface area contributed by atoms with Crippen molar-refractivity contribution in [3.8, 4) is 0 Å². The summed E-state index contributed by atoms with van der Waals surface area (Å²) in [6.45, 7) is 11.7. The lowest BCUT2D eigenvalue weighted by atomic mass is 9.73. The van der Waals surface area contributed by atoms with Gasteiger partial charge in [0.25, 0.3) is 0 Å². The maximum atomic E-state index is 11.0. The normalized spacial score (nSPS) is 32.9. The summed E-state index contributed by atoms with van der Waals surface area (Å²) in [7, 11) is 0. The topological polar surface area (TPSA) is 52.6 Å². The minimum absolute atomic E-state index is 0.0371. The van der Waals surface area contributed by atoms with Crippen LogP contribution in [-0.4, -0.2) is 40.8 Å². The SMILES string of the molecule is C[C@H]1CN(C(=O)O)C[C@@](C)(C(C)(C)C)N1. The summed E-state index contributed by atoms with van der Waals surface area (Å²) in [5, 5.41) is 12.6. The van der Waals surface area contributed by atoms with Crippen LogP contribution in [0.3, 0.4) is 0 Å². The minimum atomic E-state index is -0.821. The van der Waals surface area contributed by atoms with Crippen LogP contribution in [0.2, 0.25) is 0 Å². The van der Waals surface area contributed by atoms with Crippen LogP contribution in [0, 0.1) is 5.41 Å². The molecule has 1 aliphatic rings. The van der Waals surface area contributed by atoms with Gasteiger partial charge in [-0.05, 0) is 19.3 Å². The zero-order valence-corrected chi connectivity index (χ0v) is 10.3. The van der Waals surface area contributed by atoms with Gasteiger partial charge in [-0.2, -0.15) is 0 Å². The summed E-state index contributed by atoms with van der Waals surface area (Å²) in [6, 6.07) is 0.207. The lowest BCUT2D eigenvalue weighted by molar-refractivity contribution is 0.0399. The van der Waals surface area contributed by atoms with E-state index in [0.29, 0.717) is 13.1 Å². The molecule has 1 saturated heterocycles. The average molecular weight is 214 g/mol. The lowest BCUT2D eigenvalue weighted by Gasteiger charge is -2.50. The highest BCUT2D eigenvalue weighted by Crippen LogP contribution is 2.33. The van der Waals surface area contributed by atoms with Gasteiger partial charge in [0.2, 0.25) is 0 Å². The first kappa shape index (κ1) is 12.3. The Morgan fingerprint density at radius 2 is 2.07 bits per heavy atom. The van der Waals surface area contributed by atoms with Gasteiger partial charge in [-0.1, -0.05) is 20.8 Å². The molecule has 0 aromatic rings. The first-order valence-electron chi connectivity index (χ1n) is 5.41. The summed E-state index contributed by atoms with van der Waals surface area (Å²) in [6.07, 6.45) is -0.821. The van der Waals surface area contributed by atoms with Crippen LogP contribution >= 0.6 is 0 Å².